The Labute approximate surface area is 120 Å². The number of nitrogens with zero attached hydrogens (tertiary/aromatic N) is 1. The number of hydrogen-bond donors (Lipinski definition) is 1. The molecule has 0 saturated carbocycles. The minimum Gasteiger partial charge on any atom is -0.318 e. The number of anilines is 1. The van der Waals surface area contributed by atoms with Gasteiger partial charge in [-0.3, -0.25) is 4.79 Å². The van der Waals surface area contributed by atoms with E-state index in [0.29, 0.717) is 10.7 Å². The standard InChI is InChI=1S/C15H12ClFN2O/c16-12-4-2-1-3-11(12)14-13(18)15(20)19(14)10-7-5-9(17)6-8-10/h1-8,13-14H,18H2. The molecule has 1 aliphatic heterocycles. The molecule has 0 aromatic heterocycles. The lowest BCUT2D eigenvalue weighted by atomic mass is 9.88. The fourth-order valence-electron chi connectivity index (χ4n) is 2.45. The van der Waals surface area contributed by atoms with Gasteiger partial charge in [0.15, 0.2) is 0 Å². The first-order valence-corrected chi connectivity index (χ1v) is 6.56. The van der Waals surface area contributed by atoms with Gasteiger partial charge in [-0.1, -0.05) is 29.8 Å². The van der Waals surface area contributed by atoms with Gasteiger partial charge in [0, 0.05) is 10.7 Å². The molecule has 1 saturated heterocycles. The van der Waals surface area contributed by atoms with Crippen LogP contribution in [0.15, 0.2) is 48.5 Å². The van der Waals surface area contributed by atoms with Gasteiger partial charge in [0.2, 0.25) is 5.91 Å². The molecule has 1 fully saturated rings. The van der Waals surface area contributed by atoms with Gasteiger partial charge in [0.1, 0.15) is 11.9 Å². The summed E-state index contributed by atoms with van der Waals surface area (Å²) in [7, 11) is 0. The minimum atomic E-state index is -0.625. The predicted octanol–water partition coefficient (Wildman–Crippen LogP) is 2.89. The van der Waals surface area contributed by atoms with Gasteiger partial charge in [-0.15, -0.1) is 0 Å². The highest BCUT2D eigenvalue weighted by atomic mass is 35.5. The van der Waals surface area contributed by atoms with E-state index in [2.05, 4.69) is 0 Å². The third-order valence-corrected chi connectivity index (χ3v) is 3.81. The van der Waals surface area contributed by atoms with E-state index in [-0.39, 0.29) is 17.8 Å². The Morgan fingerprint density at radius 1 is 1.10 bits per heavy atom. The maximum Gasteiger partial charge on any atom is 0.247 e. The van der Waals surface area contributed by atoms with Crippen LogP contribution in [0.4, 0.5) is 10.1 Å². The zero-order chi connectivity index (χ0) is 14.3. The lowest BCUT2D eigenvalue weighted by Gasteiger charge is -2.45. The van der Waals surface area contributed by atoms with Crippen molar-refractivity contribution in [3.63, 3.8) is 0 Å². The number of halogens is 2. The van der Waals surface area contributed by atoms with Crippen LogP contribution in [0.2, 0.25) is 5.02 Å². The zero-order valence-corrected chi connectivity index (χ0v) is 11.2. The van der Waals surface area contributed by atoms with Crippen molar-refractivity contribution < 1.29 is 9.18 Å². The molecule has 102 valence electrons. The van der Waals surface area contributed by atoms with Crippen molar-refractivity contribution in [2.45, 2.75) is 12.1 Å². The van der Waals surface area contributed by atoms with Crippen molar-refractivity contribution in [2.24, 2.45) is 5.73 Å². The quantitative estimate of drug-likeness (QED) is 0.865. The topological polar surface area (TPSA) is 46.3 Å². The number of nitrogens with two attached hydrogens (primary N) is 1. The van der Waals surface area contributed by atoms with Crippen molar-refractivity contribution in [3.8, 4) is 0 Å². The molecule has 1 heterocycles. The number of amides is 1. The fourth-order valence-corrected chi connectivity index (χ4v) is 2.70. The second kappa shape index (κ2) is 4.89. The summed E-state index contributed by atoms with van der Waals surface area (Å²) in [4.78, 5) is 13.6. The average Bonchev–Trinajstić information content (AvgIpc) is 2.46. The number of rotatable bonds is 2. The van der Waals surface area contributed by atoms with Crippen LogP contribution < -0.4 is 10.6 Å². The largest absolute Gasteiger partial charge is 0.318 e. The Bertz CT molecular complexity index is 659. The smallest absolute Gasteiger partial charge is 0.247 e. The van der Waals surface area contributed by atoms with E-state index in [1.54, 1.807) is 23.1 Å². The van der Waals surface area contributed by atoms with Crippen molar-refractivity contribution in [1.82, 2.24) is 0 Å². The minimum absolute atomic E-state index is 0.193. The van der Waals surface area contributed by atoms with Crippen LogP contribution >= 0.6 is 11.6 Å². The fraction of sp³-hybridized carbons (Fsp3) is 0.133. The Morgan fingerprint density at radius 2 is 1.75 bits per heavy atom. The number of β-lactam (4-membered cyclic amide) rings is 1. The van der Waals surface area contributed by atoms with Crippen LogP contribution in [-0.4, -0.2) is 11.9 Å². The molecule has 0 radical (unpaired) electrons. The van der Waals surface area contributed by atoms with E-state index in [1.165, 1.54) is 12.1 Å². The van der Waals surface area contributed by atoms with Gasteiger partial charge in [-0.05, 0) is 35.9 Å². The van der Waals surface area contributed by atoms with Gasteiger partial charge in [0.05, 0.1) is 6.04 Å². The third kappa shape index (κ3) is 1.97. The molecule has 0 spiro atoms. The van der Waals surface area contributed by atoms with Crippen LogP contribution in [0, 0.1) is 5.82 Å². The second-order valence-corrected chi connectivity index (χ2v) is 5.08. The first-order valence-electron chi connectivity index (χ1n) is 6.18. The van der Waals surface area contributed by atoms with Gasteiger partial charge < -0.3 is 10.6 Å². The maximum atomic E-state index is 13.0. The van der Waals surface area contributed by atoms with Gasteiger partial charge in [0.25, 0.3) is 0 Å². The lowest BCUT2D eigenvalue weighted by Crippen LogP contribution is -2.63. The van der Waals surface area contributed by atoms with Crippen molar-refractivity contribution in [3.05, 3.63) is 64.9 Å². The molecule has 3 rings (SSSR count). The van der Waals surface area contributed by atoms with Crippen LogP contribution in [-0.2, 0) is 4.79 Å². The summed E-state index contributed by atoms with van der Waals surface area (Å²) in [6.07, 6.45) is 0. The first-order chi connectivity index (χ1) is 9.59. The van der Waals surface area contributed by atoms with Crippen LogP contribution in [0.3, 0.4) is 0 Å². The molecule has 2 aromatic rings. The van der Waals surface area contributed by atoms with E-state index in [9.17, 15) is 9.18 Å². The van der Waals surface area contributed by atoms with Gasteiger partial charge in [-0.2, -0.15) is 0 Å². The summed E-state index contributed by atoms with van der Waals surface area (Å²) in [6, 6.07) is 12.1. The third-order valence-electron chi connectivity index (χ3n) is 3.47. The molecule has 5 heteroatoms. The number of benzene rings is 2. The Morgan fingerprint density at radius 3 is 2.40 bits per heavy atom. The van der Waals surface area contributed by atoms with Crippen molar-refractivity contribution >= 4 is 23.2 Å². The molecule has 1 aliphatic rings. The molecular weight excluding hydrogens is 279 g/mol. The lowest BCUT2D eigenvalue weighted by molar-refractivity contribution is -0.126. The second-order valence-electron chi connectivity index (χ2n) is 4.68. The molecule has 2 atom stereocenters. The number of carbonyl (C=O) groups is 1. The predicted molar refractivity (Wildman–Crippen MR) is 76.1 cm³/mol. The summed E-state index contributed by atoms with van der Waals surface area (Å²) >= 11 is 6.17. The Balaban J connectivity index is 2.00. The van der Waals surface area contributed by atoms with Gasteiger partial charge in [-0.25, -0.2) is 4.39 Å². The van der Waals surface area contributed by atoms with Gasteiger partial charge >= 0.3 is 0 Å². The molecule has 3 nitrogen and oxygen atoms in total. The maximum absolute atomic E-state index is 13.0. The van der Waals surface area contributed by atoms with E-state index in [1.807, 2.05) is 18.2 Å². The Kier molecular flexibility index (Phi) is 3.20. The molecule has 2 N–H and O–H groups in total. The number of carbonyl (C=O) groups excluding carboxylic acids is 1. The summed E-state index contributed by atoms with van der Waals surface area (Å²) in [5, 5.41) is 0.563. The SMILES string of the molecule is NC1C(=O)N(c2ccc(F)cc2)C1c1ccccc1Cl. The molecule has 2 unspecified atom stereocenters. The summed E-state index contributed by atoms with van der Waals surface area (Å²) < 4.78 is 13.0. The molecular formula is C15H12ClFN2O. The molecule has 2 aromatic carbocycles. The average molecular weight is 291 g/mol. The summed E-state index contributed by atoms with van der Waals surface area (Å²) in [5.74, 6) is -0.540. The van der Waals surface area contributed by atoms with Crippen LogP contribution in [0.25, 0.3) is 0 Å². The summed E-state index contributed by atoms with van der Waals surface area (Å²) in [5.41, 5.74) is 7.31. The highest BCUT2D eigenvalue weighted by Crippen LogP contribution is 2.40. The van der Waals surface area contributed by atoms with E-state index < -0.39 is 6.04 Å². The molecule has 0 aliphatic carbocycles. The summed E-state index contributed by atoms with van der Waals surface area (Å²) in [6.45, 7) is 0. The van der Waals surface area contributed by atoms with E-state index in [4.69, 9.17) is 17.3 Å². The van der Waals surface area contributed by atoms with Crippen LogP contribution in [0.1, 0.15) is 11.6 Å². The highest BCUT2D eigenvalue weighted by Gasteiger charge is 2.47. The zero-order valence-electron chi connectivity index (χ0n) is 10.5. The normalized spacial score (nSPS) is 21.8. The molecule has 0 bridgehead atoms. The van der Waals surface area contributed by atoms with E-state index >= 15 is 0 Å². The van der Waals surface area contributed by atoms with Crippen LogP contribution in [0.5, 0.6) is 0 Å². The monoisotopic (exact) mass is 290 g/mol. The van der Waals surface area contributed by atoms with E-state index in [0.717, 1.165) is 5.56 Å². The highest BCUT2D eigenvalue weighted by molar-refractivity contribution is 6.31. The molecule has 1 amide bonds. The Hall–Kier alpha value is -1.91. The van der Waals surface area contributed by atoms with Crippen molar-refractivity contribution in [2.75, 3.05) is 4.90 Å². The molecule has 20 heavy (non-hydrogen) atoms. The first kappa shape index (κ1) is 13.1. The van der Waals surface area contributed by atoms with Crippen molar-refractivity contribution in [1.29, 1.82) is 0 Å². The number of hydrogen-bond acceptors (Lipinski definition) is 2.